The summed E-state index contributed by atoms with van der Waals surface area (Å²) in [6.07, 6.45) is 30.7. The van der Waals surface area contributed by atoms with Crippen molar-refractivity contribution in [2.75, 3.05) is 26.4 Å². The van der Waals surface area contributed by atoms with E-state index < -0.39 is 0 Å². The molecule has 5 nitrogen and oxygen atoms in total. The Morgan fingerprint density at radius 1 is 0.488 bits per heavy atom. The second kappa shape index (κ2) is 29.3. The highest BCUT2D eigenvalue weighted by Gasteiger charge is 2.46. The Hall–Kier alpha value is -0.763. The number of allylic oxidation sites excluding steroid dienone is 3. The summed E-state index contributed by atoms with van der Waals surface area (Å²) in [6.45, 7) is 14.2. The molecule has 1 heterocycles. The van der Waals surface area contributed by atoms with Crippen molar-refractivity contribution in [2.24, 2.45) is 0 Å². The second-order valence-corrected chi connectivity index (χ2v) is 12.2. The van der Waals surface area contributed by atoms with Crippen LogP contribution < -0.4 is 0 Å². The molecule has 1 fully saturated rings. The van der Waals surface area contributed by atoms with E-state index in [0.29, 0.717) is 23.7 Å². The lowest BCUT2D eigenvalue weighted by atomic mass is 10.1. The van der Waals surface area contributed by atoms with E-state index >= 15 is 0 Å². The first kappa shape index (κ1) is 38.3. The third kappa shape index (κ3) is 20.7. The van der Waals surface area contributed by atoms with E-state index in [1.807, 2.05) is 18.2 Å². The highest BCUT2D eigenvalue weighted by Crippen LogP contribution is 2.29. The lowest BCUT2D eigenvalue weighted by Gasteiger charge is -2.25. The van der Waals surface area contributed by atoms with Crippen LogP contribution in [0, 0.1) is 0 Å². The van der Waals surface area contributed by atoms with Gasteiger partial charge in [-0.3, -0.25) is 0 Å². The predicted molar refractivity (Wildman–Crippen MR) is 178 cm³/mol. The number of hydrogen-bond donors (Lipinski definition) is 0. The van der Waals surface area contributed by atoms with Gasteiger partial charge in [0.15, 0.2) is 6.29 Å². The van der Waals surface area contributed by atoms with Gasteiger partial charge in [0.05, 0.1) is 6.61 Å². The molecule has 0 radical (unpaired) electrons. The Bertz CT molecular complexity index is 601. The van der Waals surface area contributed by atoms with Gasteiger partial charge in [0, 0.05) is 19.8 Å². The Morgan fingerprint density at radius 3 is 1.27 bits per heavy atom. The van der Waals surface area contributed by atoms with E-state index in [0.717, 1.165) is 51.7 Å². The van der Waals surface area contributed by atoms with Gasteiger partial charge in [-0.05, 0) is 57.8 Å². The zero-order valence-corrected chi connectivity index (χ0v) is 28.9. The van der Waals surface area contributed by atoms with E-state index in [4.69, 9.17) is 23.4 Å². The lowest BCUT2D eigenvalue weighted by Crippen LogP contribution is -2.40. The highest BCUT2D eigenvalue weighted by molar-refractivity contribution is 5.97. The molecule has 0 amide bonds. The molecule has 0 bridgehead atoms. The van der Waals surface area contributed by atoms with Crippen molar-refractivity contribution < 1.29 is 23.4 Å². The van der Waals surface area contributed by atoms with Crippen LogP contribution in [0.1, 0.15) is 135 Å². The SMILES string of the molecule is C=CCCCCCCCCO[C@@H]1O[C@H](CO[SiH3])[C@@H](OCCCCCCCCC=C)[C@H]1OCCCCCCCCC=C. The van der Waals surface area contributed by atoms with Gasteiger partial charge in [0.25, 0.3) is 0 Å². The summed E-state index contributed by atoms with van der Waals surface area (Å²) in [4.78, 5) is 0. The van der Waals surface area contributed by atoms with Crippen molar-refractivity contribution in [3.05, 3.63) is 38.0 Å². The molecule has 4 atom stereocenters. The summed E-state index contributed by atoms with van der Waals surface area (Å²) in [5.41, 5.74) is 0. The highest BCUT2D eigenvalue weighted by atomic mass is 28.2. The first-order valence-corrected chi connectivity index (χ1v) is 17.9. The van der Waals surface area contributed by atoms with Gasteiger partial charge in [-0.15, -0.1) is 19.7 Å². The van der Waals surface area contributed by atoms with Crippen molar-refractivity contribution in [3.8, 4) is 0 Å². The Kier molecular flexibility index (Phi) is 27.4. The summed E-state index contributed by atoms with van der Waals surface area (Å²) < 4.78 is 31.2. The molecule has 1 aliphatic rings. The minimum absolute atomic E-state index is 0.129. The molecule has 41 heavy (non-hydrogen) atoms. The average molecular weight is 595 g/mol. The van der Waals surface area contributed by atoms with Crippen LogP contribution in [-0.2, 0) is 23.4 Å². The van der Waals surface area contributed by atoms with Gasteiger partial charge in [-0.2, -0.15) is 0 Å². The molecule has 0 aromatic rings. The van der Waals surface area contributed by atoms with Crippen LogP contribution in [0.25, 0.3) is 0 Å². The van der Waals surface area contributed by atoms with Crippen LogP contribution in [-0.4, -0.2) is 61.5 Å². The summed E-state index contributed by atoms with van der Waals surface area (Å²) in [6, 6.07) is 0. The smallest absolute Gasteiger partial charge is 0.186 e. The summed E-state index contributed by atoms with van der Waals surface area (Å²) >= 11 is 0. The Balaban J connectivity index is 2.48. The Morgan fingerprint density at radius 2 is 0.854 bits per heavy atom. The van der Waals surface area contributed by atoms with Gasteiger partial charge < -0.3 is 23.4 Å². The van der Waals surface area contributed by atoms with Gasteiger partial charge in [0.2, 0.25) is 0 Å². The van der Waals surface area contributed by atoms with Crippen molar-refractivity contribution in [1.29, 1.82) is 0 Å². The number of rotatable bonds is 32. The summed E-state index contributed by atoms with van der Waals surface area (Å²) in [5, 5.41) is 0. The van der Waals surface area contributed by atoms with E-state index in [1.54, 1.807) is 0 Å². The molecule has 6 heteroatoms. The second-order valence-electron chi connectivity index (χ2n) is 11.6. The van der Waals surface area contributed by atoms with Crippen molar-refractivity contribution in [1.82, 2.24) is 0 Å². The molecule has 0 spiro atoms. The molecule has 1 rings (SSSR count). The standard InChI is InChI=1S/C35H66O5Si/c1-4-7-10-13-16-19-22-25-28-36-33-32(31-39-41)40-35(38-30-27-24-21-18-15-12-9-6-3)34(33)37-29-26-23-20-17-14-11-8-5-2/h4-6,32-35H,1-3,7-31H2,41H3/t32-,33-,34-,35-/m1/s1. The quantitative estimate of drug-likeness (QED) is 0.0444. The predicted octanol–water partition coefficient (Wildman–Crippen LogP) is 8.55. The zero-order chi connectivity index (χ0) is 29.6. The fourth-order valence-corrected chi connectivity index (χ4v) is 5.76. The molecule has 240 valence electrons. The number of ether oxygens (including phenoxy) is 4. The normalized spacial score (nSPS) is 20.5. The summed E-state index contributed by atoms with van der Waals surface area (Å²) in [7, 11) is 0.683. The largest absolute Gasteiger partial charge is 0.425 e. The molecular weight excluding hydrogens is 528 g/mol. The number of hydrogen-bond acceptors (Lipinski definition) is 5. The van der Waals surface area contributed by atoms with Crippen molar-refractivity contribution in [2.45, 2.75) is 159 Å². The minimum Gasteiger partial charge on any atom is -0.425 e. The van der Waals surface area contributed by atoms with E-state index in [1.165, 1.54) is 96.3 Å². The van der Waals surface area contributed by atoms with Gasteiger partial charge in [-0.25, -0.2) is 0 Å². The molecule has 1 saturated heterocycles. The van der Waals surface area contributed by atoms with Crippen LogP contribution in [0.4, 0.5) is 0 Å². The monoisotopic (exact) mass is 594 g/mol. The molecule has 0 aliphatic carbocycles. The van der Waals surface area contributed by atoms with E-state index in [9.17, 15) is 0 Å². The minimum atomic E-state index is -0.377. The molecule has 0 aromatic heterocycles. The summed E-state index contributed by atoms with van der Waals surface area (Å²) in [5.74, 6) is 0. The maximum atomic E-state index is 6.47. The molecule has 0 aromatic carbocycles. The van der Waals surface area contributed by atoms with Crippen LogP contribution in [0.3, 0.4) is 0 Å². The fraction of sp³-hybridized carbons (Fsp3) is 0.829. The first-order chi connectivity index (χ1) is 20.3. The average Bonchev–Trinajstić information content (AvgIpc) is 3.30. The number of unbranched alkanes of at least 4 members (excludes halogenated alkanes) is 18. The zero-order valence-electron chi connectivity index (χ0n) is 26.9. The fourth-order valence-electron chi connectivity index (χ4n) is 5.43. The lowest BCUT2D eigenvalue weighted by molar-refractivity contribution is -0.180. The topological polar surface area (TPSA) is 46.2 Å². The van der Waals surface area contributed by atoms with Crippen molar-refractivity contribution >= 4 is 10.5 Å². The van der Waals surface area contributed by atoms with Crippen molar-refractivity contribution in [3.63, 3.8) is 0 Å². The van der Waals surface area contributed by atoms with E-state index in [-0.39, 0.29) is 24.6 Å². The van der Waals surface area contributed by atoms with Gasteiger partial charge in [-0.1, -0.05) is 95.3 Å². The van der Waals surface area contributed by atoms with Crippen LogP contribution in [0.5, 0.6) is 0 Å². The third-order valence-electron chi connectivity index (χ3n) is 7.91. The maximum absolute atomic E-state index is 6.47. The molecule has 0 saturated carbocycles. The van der Waals surface area contributed by atoms with Gasteiger partial charge in [0.1, 0.15) is 28.8 Å². The third-order valence-corrected chi connectivity index (χ3v) is 8.24. The van der Waals surface area contributed by atoms with E-state index in [2.05, 4.69) is 19.7 Å². The Labute approximate surface area is 257 Å². The van der Waals surface area contributed by atoms with Crippen LogP contribution in [0.2, 0.25) is 0 Å². The van der Waals surface area contributed by atoms with Crippen LogP contribution >= 0.6 is 0 Å². The molecule has 0 N–H and O–H groups in total. The van der Waals surface area contributed by atoms with Crippen LogP contribution in [0.15, 0.2) is 38.0 Å². The maximum Gasteiger partial charge on any atom is 0.186 e. The first-order valence-electron chi connectivity index (χ1n) is 17.1. The van der Waals surface area contributed by atoms with Gasteiger partial charge >= 0.3 is 0 Å². The molecule has 1 aliphatic heterocycles. The molecular formula is C35H66O5Si. The molecule has 0 unspecified atom stereocenters.